The number of halogens is 3. The van der Waals surface area contributed by atoms with Crippen LogP contribution < -0.4 is 10.3 Å². The summed E-state index contributed by atoms with van der Waals surface area (Å²) in [4.78, 5) is 12.1. The number of ether oxygens (including phenoxy) is 2. The molecule has 0 spiro atoms. The molecule has 127 valence electrons. The van der Waals surface area contributed by atoms with Gasteiger partial charge in [0.2, 0.25) is 5.56 Å². The molecular formula is C16H15ClF2NO3Y-. The fourth-order valence-corrected chi connectivity index (χ4v) is 2.31. The average molecular weight is 432 g/mol. The zero-order valence-corrected chi connectivity index (χ0v) is 16.8. The molecule has 0 aliphatic carbocycles. The summed E-state index contributed by atoms with van der Waals surface area (Å²) in [5, 5.41) is -0.146. The van der Waals surface area contributed by atoms with Gasteiger partial charge in [-0.2, -0.15) is 23.7 Å². The van der Waals surface area contributed by atoms with E-state index in [-0.39, 0.29) is 50.2 Å². The van der Waals surface area contributed by atoms with E-state index in [0.717, 1.165) is 10.1 Å². The number of benzene rings is 1. The zero-order valence-electron chi connectivity index (χ0n) is 13.2. The van der Waals surface area contributed by atoms with Crippen LogP contribution in [0.1, 0.15) is 5.56 Å². The molecule has 1 aromatic carbocycles. The molecule has 0 aliphatic rings. The van der Waals surface area contributed by atoms with Gasteiger partial charge in [-0.15, -0.1) is 6.07 Å². The van der Waals surface area contributed by atoms with Crippen LogP contribution in [0.25, 0.3) is 11.3 Å². The van der Waals surface area contributed by atoms with Gasteiger partial charge in [0.05, 0.1) is 6.54 Å². The number of alkyl halides is 2. The van der Waals surface area contributed by atoms with Crippen molar-refractivity contribution < 1.29 is 51.0 Å². The summed E-state index contributed by atoms with van der Waals surface area (Å²) < 4.78 is 36.6. The first-order valence-electron chi connectivity index (χ1n) is 6.76. The van der Waals surface area contributed by atoms with Crippen molar-refractivity contribution in [2.75, 3.05) is 13.9 Å². The van der Waals surface area contributed by atoms with Crippen molar-refractivity contribution in [1.29, 1.82) is 0 Å². The molecule has 0 unspecified atom stereocenters. The van der Waals surface area contributed by atoms with Crippen LogP contribution in [0.2, 0.25) is 5.02 Å². The molecule has 0 N–H and O–H groups in total. The zero-order chi connectivity index (χ0) is 17.0. The number of methoxy groups -OCH3 is 1. The third-order valence-electron chi connectivity index (χ3n) is 3.17. The van der Waals surface area contributed by atoms with Gasteiger partial charge in [0.15, 0.2) is 6.79 Å². The molecule has 0 aliphatic heterocycles. The van der Waals surface area contributed by atoms with Crippen LogP contribution in [0, 0.1) is 13.0 Å². The van der Waals surface area contributed by atoms with E-state index in [2.05, 4.69) is 6.07 Å². The molecule has 1 heterocycles. The number of rotatable bonds is 6. The van der Waals surface area contributed by atoms with Gasteiger partial charge in [-0.25, -0.2) is 8.78 Å². The quantitative estimate of drug-likeness (QED) is 0.519. The van der Waals surface area contributed by atoms with E-state index in [1.165, 1.54) is 13.2 Å². The molecule has 1 radical (unpaired) electrons. The first-order chi connectivity index (χ1) is 10.9. The molecule has 0 fully saturated rings. The van der Waals surface area contributed by atoms with E-state index in [0.29, 0.717) is 11.3 Å². The smallest absolute Gasteiger partial charge is 0.256 e. The summed E-state index contributed by atoms with van der Waals surface area (Å²) in [5.74, 6) is 0.574. The van der Waals surface area contributed by atoms with Gasteiger partial charge < -0.3 is 14.0 Å². The molecule has 0 saturated carbocycles. The van der Waals surface area contributed by atoms with E-state index in [4.69, 9.17) is 21.1 Å². The Labute approximate surface area is 168 Å². The second kappa shape index (κ2) is 9.61. The van der Waals surface area contributed by atoms with Crippen LogP contribution in [0.5, 0.6) is 5.75 Å². The van der Waals surface area contributed by atoms with Crippen LogP contribution in [0.3, 0.4) is 0 Å². The molecule has 0 atom stereocenters. The van der Waals surface area contributed by atoms with Crippen LogP contribution in [-0.4, -0.2) is 24.9 Å². The minimum atomic E-state index is -2.68. The first kappa shape index (κ1) is 21.2. The maximum atomic E-state index is 12.8. The van der Waals surface area contributed by atoms with Crippen LogP contribution >= 0.6 is 11.6 Å². The summed E-state index contributed by atoms with van der Waals surface area (Å²) >= 11 is 5.74. The fourth-order valence-electron chi connectivity index (χ4n) is 2.16. The van der Waals surface area contributed by atoms with Gasteiger partial charge in [0, 0.05) is 44.8 Å². The van der Waals surface area contributed by atoms with Gasteiger partial charge in [-0.3, -0.25) is 4.79 Å². The third-order valence-corrected chi connectivity index (χ3v) is 3.44. The summed E-state index contributed by atoms with van der Waals surface area (Å²) in [5.41, 5.74) is 0.944. The van der Waals surface area contributed by atoms with Crippen molar-refractivity contribution >= 4 is 11.6 Å². The number of hydrogen-bond donors (Lipinski definition) is 0. The van der Waals surface area contributed by atoms with Crippen molar-refractivity contribution in [3.05, 3.63) is 51.3 Å². The maximum Gasteiger partial charge on any atom is 0.256 e. The molecule has 0 bridgehead atoms. The predicted octanol–water partition coefficient (Wildman–Crippen LogP) is 3.52. The average Bonchev–Trinajstić information content (AvgIpc) is 2.50. The monoisotopic (exact) mass is 431 g/mol. The van der Waals surface area contributed by atoms with Crippen molar-refractivity contribution in [1.82, 2.24) is 4.57 Å². The van der Waals surface area contributed by atoms with Gasteiger partial charge in [-0.05, 0) is 12.1 Å². The summed E-state index contributed by atoms with van der Waals surface area (Å²) in [6, 6.07) is 9.17. The second-order valence-corrected chi connectivity index (χ2v) is 5.23. The third kappa shape index (κ3) is 5.09. The number of nitrogens with zero attached hydrogens (tertiary/aromatic N) is 1. The molecule has 8 heteroatoms. The Kier molecular flexibility index (Phi) is 8.50. The molecule has 4 nitrogen and oxygen atoms in total. The Hall–Kier alpha value is -0.816. The van der Waals surface area contributed by atoms with Crippen molar-refractivity contribution in [2.24, 2.45) is 0 Å². The Bertz CT molecular complexity index is 753. The molecule has 2 aromatic rings. The summed E-state index contributed by atoms with van der Waals surface area (Å²) in [7, 11) is 1.51. The predicted molar refractivity (Wildman–Crippen MR) is 83.2 cm³/mol. The van der Waals surface area contributed by atoms with E-state index in [9.17, 15) is 13.6 Å². The van der Waals surface area contributed by atoms with Crippen LogP contribution in [0.4, 0.5) is 8.78 Å². The van der Waals surface area contributed by atoms with E-state index >= 15 is 0 Å². The standard InChI is InChI=1S/C16H15ClF2NO3.Y/c1-10-7-11(23-9-22-2)3-4-12(10)14-6-5-13(17)16(21)20(14)8-15(18)19;/h3-5,7,15H,8-9H2,1-2H3;/q-1;. The van der Waals surface area contributed by atoms with Gasteiger partial charge >= 0.3 is 0 Å². The van der Waals surface area contributed by atoms with Crippen molar-refractivity contribution in [3.8, 4) is 17.0 Å². The molecule has 2 rings (SSSR count). The maximum absolute atomic E-state index is 12.8. The van der Waals surface area contributed by atoms with E-state index < -0.39 is 18.5 Å². The number of aromatic nitrogens is 1. The van der Waals surface area contributed by atoms with E-state index in [1.807, 2.05) is 0 Å². The SMILES string of the molecule is COCOc1ccc(-c2[c-]cc(Cl)c(=O)n2CC(F)F)c(C)c1.[Y]. The van der Waals surface area contributed by atoms with Gasteiger partial charge in [0.25, 0.3) is 6.43 Å². The molecule has 0 amide bonds. The summed E-state index contributed by atoms with van der Waals surface area (Å²) in [6.07, 6.45) is -2.68. The Morgan fingerprint density at radius 2 is 2.08 bits per heavy atom. The largest absolute Gasteiger partial charge is 0.468 e. The first-order valence-corrected chi connectivity index (χ1v) is 7.13. The second-order valence-electron chi connectivity index (χ2n) is 4.82. The molecule has 1 aromatic heterocycles. The molecule has 24 heavy (non-hydrogen) atoms. The number of pyridine rings is 1. The van der Waals surface area contributed by atoms with Crippen molar-refractivity contribution in [3.63, 3.8) is 0 Å². The Morgan fingerprint density at radius 1 is 1.38 bits per heavy atom. The minimum Gasteiger partial charge on any atom is -0.468 e. The Balaban J connectivity index is 0.00000288. The molecule has 0 saturated heterocycles. The number of hydrogen-bond acceptors (Lipinski definition) is 3. The van der Waals surface area contributed by atoms with Crippen LogP contribution in [0.15, 0.2) is 29.1 Å². The normalized spacial score (nSPS) is 10.6. The minimum absolute atomic E-state index is 0. The number of aryl methyl sites for hydroxylation is 1. The van der Waals surface area contributed by atoms with Crippen LogP contribution in [-0.2, 0) is 44.0 Å². The Morgan fingerprint density at radius 3 is 2.67 bits per heavy atom. The topological polar surface area (TPSA) is 40.5 Å². The molecular weight excluding hydrogens is 417 g/mol. The summed E-state index contributed by atoms with van der Waals surface area (Å²) in [6.45, 7) is 1.14. The van der Waals surface area contributed by atoms with Crippen molar-refractivity contribution in [2.45, 2.75) is 19.9 Å². The van der Waals surface area contributed by atoms with E-state index in [1.54, 1.807) is 25.1 Å². The van der Waals surface area contributed by atoms with Gasteiger partial charge in [0.1, 0.15) is 5.75 Å². The van der Waals surface area contributed by atoms with Gasteiger partial charge in [-0.1, -0.05) is 23.7 Å². The fraction of sp³-hybridized carbons (Fsp3) is 0.312.